The molecule has 3 saturated carbocycles. The monoisotopic (exact) mass is 398 g/mol. The minimum atomic E-state index is -2.66. The number of ketones is 1. The number of carbonyl (C=O) groups is 1. The smallest absolute Gasteiger partial charge is 0.267 e. The molecular weight excluding hydrogens is 366 g/mol. The fraction of sp³-hybridized carbons (Fsp3) is 0.864. The van der Waals surface area contributed by atoms with Gasteiger partial charge >= 0.3 is 0 Å². The van der Waals surface area contributed by atoms with E-state index in [0.29, 0.717) is 41.6 Å². The van der Waals surface area contributed by atoms with Crippen LogP contribution in [0.3, 0.4) is 0 Å². The van der Waals surface area contributed by atoms with E-state index < -0.39 is 12.0 Å². The van der Waals surface area contributed by atoms with Crippen LogP contribution < -0.4 is 0 Å². The van der Waals surface area contributed by atoms with Gasteiger partial charge in [0.15, 0.2) is 0 Å². The van der Waals surface area contributed by atoms with E-state index in [2.05, 4.69) is 13.0 Å². The van der Waals surface area contributed by atoms with Crippen molar-refractivity contribution in [2.75, 3.05) is 12.0 Å². The molecule has 4 aliphatic rings. The van der Waals surface area contributed by atoms with Gasteiger partial charge in [-0.15, -0.1) is 0 Å². The van der Waals surface area contributed by atoms with E-state index in [9.17, 15) is 18.7 Å². The summed E-state index contributed by atoms with van der Waals surface area (Å²) < 4.78 is 26.6. The molecule has 1 N–H and O–H groups in total. The van der Waals surface area contributed by atoms with Crippen LogP contribution in [0.15, 0.2) is 11.6 Å². The topological polar surface area (TPSA) is 37.3 Å². The second-order valence-corrected chi connectivity index (χ2v) is 10.6. The highest BCUT2D eigenvalue weighted by molar-refractivity contribution is 7.99. The molecule has 0 heterocycles. The van der Waals surface area contributed by atoms with Gasteiger partial charge in [0.05, 0.1) is 5.75 Å². The van der Waals surface area contributed by atoms with Crippen molar-refractivity contribution in [3.8, 4) is 0 Å². The number of fused-ring (bicyclic) bond motifs is 5. The normalized spacial score (nSPS) is 46.4. The van der Waals surface area contributed by atoms with Crippen LogP contribution in [0.2, 0.25) is 0 Å². The minimum absolute atomic E-state index is 0.123. The Morgan fingerprint density at radius 2 is 2.04 bits per heavy atom. The highest BCUT2D eigenvalue weighted by atomic mass is 32.2. The summed E-state index contributed by atoms with van der Waals surface area (Å²) in [6, 6.07) is 0. The molecule has 2 nitrogen and oxygen atoms in total. The van der Waals surface area contributed by atoms with Gasteiger partial charge in [0, 0.05) is 12.3 Å². The van der Waals surface area contributed by atoms with Crippen molar-refractivity contribution < 1.29 is 18.7 Å². The third kappa shape index (κ3) is 3.11. The Labute approximate surface area is 165 Å². The van der Waals surface area contributed by atoms with E-state index in [0.717, 1.165) is 37.7 Å². The second kappa shape index (κ2) is 7.12. The van der Waals surface area contributed by atoms with Gasteiger partial charge in [0.25, 0.3) is 6.43 Å². The summed E-state index contributed by atoms with van der Waals surface area (Å²) in [6.07, 6.45) is 7.87. The third-order valence-electron chi connectivity index (χ3n) is 8.62. The van der Waals surface area contributed by atoms with Crippen LogP contribution in [0, 0.1) is 35.0 Å². The molecule has 4 aliphatic carbocycles. The zero-order valence-electron chi connectivity index (χ0n) is 16.4. The van der Waals surface area contributed by atoms with Crippen LogP contribution >= 0.6 is 11.8 Å². The Hall–Kier alpha value is -0.420. The molecule has 4 rings (SSSR count). The number of carbonyl (C=O) groups excluding carboxylic acids is 1. The third-order valence-corrected chi connectivity index (χ3v) is 9.19. The molecule has 0 spiro atoms. The van der Waals surface area contributed by atoms with Crippen molar-refractivity contribution >= 4 is 17.5 Å². The molecule has 3 fully saturated rings. The standard InChI is InChI=1S/C22H32F2O2S/c1-21-9-7-15-14-8-10-22(26,20(23)24)11-13(14)3-4-16(15)17(21)5-6-18(21)19(25)12-27-2/h3,14-18,20,26H,4-12H2,1-2H3/t14-,15+,16+,17-,18+,21-,22+/m0/s1. The fourth-order valence-electron chi connectivity index (χ4n) is 7.28. The zero-order chi connectivity index (χ0) is 19.4. The number of Topliss-reactive ketones (excluding diaryl/α,β-unsaturated/α-hetero) is 1. The van der Waals surface area contributed by atoms with Crippen molar-refractivity contribution in [2.45, 2.75) is 70.3 Å². The number of allylic oxidation sites excluding steroid dienone is 1. The molecule has 0 aliphatic heterocycles. The SMILES string of the molecule is CSCC(=O)[C@H]1CC[C@H]2[C@@H]3CC=C4C[C@@](O)(C(F)F)CC[C@@H]4[C@H]3CC[C@]12C. The predicted octanol–water partition coefficient (Wildman–Crippen LogP) is 5.10. The first-order valence-electron chi connectivity index (χ1n) is 10.5. The number of halogens is 2. The van der Waals surface area contributed by atoms with E-state index in [1.165, 1.54) is 0 Å². The molecule has 152 valence electrons. The molecule has 0 aromatic heterocycles. The Kier molecular flexibility index (Phi) is 5.24. The molecule has 0 radical (unpaired) electrons. The summed E-state index contributed by atoms with van der Waals surface area (Å²) >= 11 is 1.63. The molecule has 5 heteroatoms. The Morgan fingerprint density at radius 1 is 1.26 bits per heavy atom. The number of hydrogen-bond acceptors (Lipinski definition) is 3. The van der Waals surface area contributed by atoms with Gasteiger partial charge in [0.1, 0.15) is 11.4 Å². The largest absolute Gasteiger partial charge is 0.384 e. The first-order valence-corrected chi connectivity index (χ1v) is 11.9. The van der Waals surface area contributed by atoms with Gasteiger partial charge in [-0.3, -0.25) is 4.79 Å². The zero-order valence-corrected chi connectivity index (χ0v) is 17.2. The lowest BCUT2D eigenvalue weighted by Crippen LogP contribution is -2.50. The number of hydrogen-bond donors (Lipinski definition) is 1. The van der Waals surface area contributed by atoms with E-state index in [1.54, 1.807) is 11.8 Å². The van der Waals surface area contributed by atoms with Crippen LogP contribution in [0.1, 0.15) is 58.3 Å². The van der Waals surface area contributed by atoms with E-state index in [1.807, 2.05) is 6.26 Å². The quantitative estimate of drug-likeness (QED) is 0.669. The summed E-state index contributed by atoms with van der Waals surface area (Å²) in [5.74, 6) is 3.35. The second-order valence-electron chi connectivity index (χ2n) is 9.75. The Bertz CT molecular complexity index is 636. The summed E-state index contributed by atoms with van der Waals surface area (Å²) in [4.78, 5) is 12.7. The lowest BCUT2D eigenvalue weighted by atomic mass is 9.51. The predicted molar refractivity (Wildman–Crippen MR) is 105 cm³/mol. The van der Waals surface area contributed by atoms with Gasteiger partial charge in [-0.25, -0.2) is 8.78 Å². The molecule has 0 unspecified atom stereocenters. The number of alkyl halides is 2. The maximum absolute atomic E-state index is 13.3. The fourth-order valence-corrected chi connectivity index (χ4v) is 7.76. The molecule has 0 bridgehead atoms. The van der Waals surface area contributed by atoms with E-state index >= 15 is 0 Å². The molecule has 7 atom stereocenters. The van der Waals surface area contributed by atoms with Crippen LogP contribution in [-0.4, -0.2) is 34.9 Å². The van der Waals surface area contributed by atoms with Crippen molar-refractivity contribution in [1.29, 1.82) is 0 Å². The van der Waals surface area contributed by atoms with Crippen LogP contribution in [0.25, 0.3) is 0 Å². The lowest BCUT2D eigenvalue weighted by molar-refractivity contribution is -0.128. The van der Waals surface area contributed by atoms with E-state index in [4.69, 9.17) is 0 Å². The summed E-state index contributed by atoms with van der Waals surface area (Å²) in [5, 5.41) is 10.3. The number of rotatable bonds is 4. The van der Waals surface area contributed by atoms with Crippen molar-refractivity contribution in [3.05, 3.63) is 11.6 Å². The molecule has 0 saturated heterocycles. The molecule has 27 heavy (non-hydrogen) atoms. The number of aliphatic hydroxyl groups is 1. The Balaban J connectivity index is 1.54. The first kappa shape index (κ1) is 19.9. The number of thioether (sulfide) groups is 1. The van der Waals surface area contributed by atoms with Crippen LogP contribution in [0.4, 0.5) is 8.78 Å². The first-order chi connectivity index (χ1) is 12.8. The van der Waals surface area contributed by atoms with Gasteiger partial charge in [-0.1, -0.05) is 18.6 Å². The average Bonchev–Trinajstić information content (AvgIpc) is 2.98. The van der Waals surface area contributed by atoms with Gasteiger partial charge in [-0.2, -0.15) is 11.8 Å². The molecule has 0 aromatic carbocycles. The summed E-state index contributed by atoms with van der Waals surface area (Å²) in [5.41, 5.74) is -0.611. The minimum Gasteiger partial charge on any atom is -0.384 e. The van der Waals surface area contributed by atoms with Gasteiger partial charge < -0.3 is 5.11 Å². The molecule has 0 aromatic rings. The maximum Gasteiger partial charge on any atom is 0.267 e. The summed E-state index contributed by atoms with van der Waals surface area (Å²) in [7, 11) is 0. The highest BCUT2D eigenvalue weighted by Gasteiger charge is 2.58. The van der Waals surface area contributed by atoms with Crippen molar-refractivity contribution in [3.63, 3.8) is 0 Å². The summed E-state index contributed by atoms with van der Waals surface area (Å²) in [6.45, 7) is 2.35. The maximum atomic E-state index is 13.3. The van der Waals surface area contributed by atoms with Crippen LogP contribution in [0.5, 0.6) is 0 Å². The lowest BCUT2D eigenvalue weighted by Gasteiger charge is -2.54. The highest BCUT2D eigenvalue weighted by Crippen LogP contribution is 2.63. The molecule has 0 amide bonds. The van der Waals surface area contributed by atoms with Crippen molar-refractivity contribution in [1.82, 2.24) is 0 Å². The van der Waals surface area contributed by atoms with Gasteiger partial charge in [-0.05, 0) is 80.3 Å². The molecular formula is C22H32F2O2S. The van der Waals surface area contributed by atoms with Gasteiger partial charge in [0.2, 0.25) is 0 Å². The van der Waals surface area contributed by atoms with Crippen molar-refractivity contribution in [2.24, 2.45) is 35.0 Å². The van der Waals surface area contributed by atoms with Crippen LogP contribution in [-0.2, 0) is 4.79 Å². The Morgan fingerprint density at radius 3 is 2.74 bits per heavy atom. The van der Waals surface area contributed by atoms with E-state index in [-0.39, 0.29) is 24.2 Å². The average molecular weight is 399 g/mol.